The first kappa shape index (κ1) is 15.0. The third-order valence-electron chi connectivity index (χ3n) is 2.96. The summed E-state index contributed by atoms with van der Waals surface area (Å²) in [6, 6.07) is 7.56. The zero-order chi connectivity index (χ0) is 15.7. The molecule has 0 saturated heterocycles. The Bertz CT molecular complexity index is 866. The molecule has 4 nitrogen and oxygen atoms in total. The summed E-state index contributed by atoms with van der Waals surface area (Å²) in [6.45, 7) is -0.0515. The average molecular weight is 384 g/mol. The van der Waals surface area contributed by atoms with Gasteiger partial charge in [-0.3, -0.25) is 0 Å². The lowest BCUT2D eigenvalue weighted by Gasteiger charge is -2.04. The monoisotopic (exact) mass is 382 g/mol. The summed E-state index contributed by atoms with van der Waals surface area (Å²) in [7, 11) is 0. The van der Waals surface area contributed by atoms with Crippen molar-refractivity contribution in [3.05, 3.63) is 69.3 Å². The van der Waals surface area contributed by atoms with Crippen LogP contribution in [0.15, 0.2) is 47.2 Å². The zero-order valence-corrected chi connectivity index (χ0v) is 13.4. The highest BCUT2D eigenvalue weighted by Gasteiger charge is 2.14. The largest absolute Gasteiger partial charge is 0.455 e. The van der Waals surface area contributed by atoms with Gasteiger partial charge in [0.15, 0.2) is 0 Å². The van der Waals surface area contributed by atoms with Crippen LogP contribution in [-0.2, 0) is 11.3 Å². The van der Waals surface area contributed by atoms with Gasteiger partial charge in [0.1, 0.15) is 18.1 Å². The van der Waals surface area contributed by atoms with Gasteiger partial charge in [-0.1, -0.05) is 27.5 Å². The minimum absolute atomic E-state index is 0.0515. The van der Waals surface area contributed by atoms with Crippen molar-refractivity contribution in [1.29, 1.82) is 0 Å². The molecule has 2 heterocycles. The Labute approximate surface area is 138 Å². The summed E-state index contributed by atoms with van der Waals surface area (Å²) in [4.78, 5) is 16.2. The lowest BCUT2D eigenvalue weighted by atomic mass is 10.2. The summed E-state index contributed by atoms with van der Waals surface area (Å²) in [6.07, 6.45) is 3.40. The van der Waals surface area contributed by atoms with Gasteiger partial charge in [0.25, 0.3) is 0 Å². The maximum absolute atomic E-state index is 13.6. The maximum Gasteiger partial charge on any atom is 0.341 e. The maximum atomic E-state index is 13.6. The van der Waals surface area contributed by atoms with E-state index in [0.29, 0.717) is 20.8 Å². The third kappa shape index (κ3) is 3.13. The second kappa shape index (κ2) is 6.06. The zero-order valence-electron chi connectivity index (χ0n) is 11.1. The molecular formula is C15H9BrClFN2O2. The Morgan fingerprint density at radius 1 is 1.32 bits per heavy atom. The van der Waals surface area contributed by atoms with Gasteiger partial charge in [-0.05, 0) is 30.3 Å². The van der Waals surface area contributed by atoms with Crippen molar-refractivity contribution in [3.8, 4) is 0 Å². The third-order valence-corrected chi connectivity index (χ3v) is 3.68. The van der Waals surface area contributed by atoms with Crippen molar-refractivity contribution in [2.24, 2.45) is 0 Å². The summed E-state index contributed by atoms with van der Waals surface area (Å²) in [5.41, 5.74) is 1.11. The van der Waals surface area contributed by atoms with E-state index in [1.165, 1.54) is 18.2 Å². The fraction of sp³-hybridized carbons (Fsp3) is 0.0667. The van der Waals surface area contributed by atoms with Gasteiger partial charge in [0, 0.05) is 16.9 Å². The molecule has 112 valence electrons. The lowest BCUT2D eigenvalue weighted by Crippen LogP contribution is -2.07. The molecule has 0 saturated carbocycles. The van der Waals surface area contributed by atoms with Crippen molar-refractivity contribution in [2.45, 2.75) is 6.61 Å². The van der Waals surface area contributed by atoms with Crippen LogP contribution in [0, 0.1) is 5.82 Å². The number of nitrogens with zero attached hydrogens (tertiary/aromatic N) is 2. The number of esters is 1. The molecule has 0 unspecified atom stereocenters. The molecule has 0 radical (unpaired) electrons. The van der Waals surface area contributed by atoms with Gasteiger partial charge in [0.2, 0.25) is 0 Å². The molecule has 1 aromatic carbocycles. The quantitative estimate of drug-likeness (QED) is 0.635. The molecular weight excluding hydrogens is 375 g/mol. The molecule has 0 amide bonds. The molecule has 0 N–H and O–H groups in total. The second-order valence-electron chi connectivity index (χ2n) is 4.55. The first-order chi connectivity index (χ1) is 10.5. The fourth-order valence-corrected chi connectivity index (χ4v) is 2.49. The van der Waals surface area contributed by atoms with Gasteiger partial charge in [0.05, 0.1) is 16.3 Å². The predicted octanol–water partition coefficient (Wildman–Crippen LogP) is 4.25. The molecule has 7 heteroatoms. The molecule has 22 heavy (non-hydrogen) atoms. The number of hydrogen-bond donors (Lipinski definition) is 0. The highest BCUT2D eigenvalue weighted by molar-refractivity contribution is 9.10. The molecule has 3 aromatic rings. The Morgan fingerprint density at radius 2 is 2.14 bits per heavy atom. The normalized spacial score (nSPS) is 10.9. The van der Waals surface area contributed by atoms with Crippen molar-refractivity contribution < 1.29 is 13.9 Å². The Morgan fingerprint density at radius 3 is 2.95 bits per heavy atom. The summed E-state index contributed by atoms with van der Waals surface area (Å²) >= 11 is 9.08. The highest BCUT2D eigenvalue weighted by atomic mass is 79.9. The van der Waals surface area contributed by atoms with Crippen LogP contribution in [0.5, 0.6) is 0 Å². The number of fused-ring (bicyclic) bond motifs is 1. The number of imidazole rings is 1. The molecule has 0 aliphatic heterocycles. The molecule has 0 bridgehead atoms. The van der Waals surface area contributed by atoms with Crippen LogP contribution in [0.2, 0.25) is 5.02 Å². The van der Waals surface area contributed by atoms with E-state index in [2.05, 4.69) is 20.9 Å². The van der Waals surface area contributed by atoms with Crippen LogP contribution in [0.1, 0.15) is 16.1 Å². The van der Waals surface area contributed by atoms with E-state index in [9.17, 15) is 9.18 Å². The molecule has 2 aromatic heterocycles. The number of benzene rings is 1. The van der Waals surface area contributed by atoms with Crippen molar-refractivity contribution in [1.82, 2.24) is 9.38 Å². The van der Waals surface area contributed by atoms with Gasteiger partial charge in [-0.15, -0.1) is 0 Å². The average Bonchev–Trinajstić information content (AvgIpc) is 2.89. The van der Waals surface area contributed by atoms with E-state index >= 15 is 0 Å². The van der Waals surface area contributed by atoms with Crippen LogP contribution in [0.3, 0.4) is 0 Å². The molecule has 0 aliphatic rings. The van der Waals surface area contributed by atoms with Crippen molar-refractivity contribution in [2.75, 3.05) is 0 Å². The van der Waals surface area contributed by atoms with E-state index < -0.39 is 11.8 Å². The first-order valence-corrected chi connectivity index (χ1v) is 7.45. The smallest absolute Gasteiger partial charge is 0.341 e. The Balaban J connectivity index is 1.75. The number of halogens is 3. The topological polar surface area (TPSA) is 43.6 Å². The second-order valence-corrected chi connectivity index (χ2v) is 5.90. The number of rotatable bonds is 3. The number of carbonyl (C=O) groups excluding carboxylic acids is 1. The SMILES string of the molecule is O=C(OCc1cn2cc(Cl)ccc2n1)c1cc(Br)ccc1F. The van der Waals surface area contributed by atoms with Gasteiger partial charge in [-0.25, -0.2) is 14.2 Å². The number of ether oxygens (including phenoxy) is 1. The van der Waals surface area contributed by atoms with Gasteiger partial charge in [-0.2, -0.15) is 0 Å². The number of pyridine rings is 1. The molecule has 0 aliphatic carbocycles. The van der Waals surface area contributed by atoms with E-state index in [0.717, 1.165) is 0 Å². The minimum Gasteiger partial charge on any atom is -0.455 e. The van der Waals surface area contributed by atoms with Crippen LogP contribution in [-0.4, -0.2) is 15.4 Å². The number of carbonyl (C=O) groups is 1. The fourth-order valence-electron chi connectivity index (χ4n) is 1.96. The summed E-state index contributed by atoms with van der Waals surface area (Å²) in [5.74, 6) is -1.37. The Hall–Kier alpha value is -1.92. The van der Waals surface area contributed by atoms with Gasteiger partial charge < -0.3 is 9.14 Å². The van der Waals surface area contributed by atoms with E-state index in [1.54, 1.807) is 28.9 Å². The standard InChI is InChI=1S/C15H9BrClFN2O2/c16-9-1-3-13(18)12(5-9)15(21)22-8-11-7-20-6-10(17)2-4-14(20)19-11/h1-7H,8H2. The van der Waals surface area contributed by atoms with E-state index in [1.807, 2.05) is 0 Å². The van der Waals surface area contributed by atoms with Crippen LogP contribution in [0.4, 0.5) is 4.39 Å². The van der Waals surface area contributed by atoms with E-state index in [4.69, 9.17) is 16.3 Å². The molecule has 0 fully saturated rings. The van der Waals surface area contributed by atoms with E-state index in [-0.39, 0.29) is 12.2 Å². The molecule has 3 rings (SSSR count). The minimum atomic E-state index is -0.742. The predicted molar refractivity (Wildman–Crippen MR) is 83.4 cm³/mol. The summed E-state index contributed by atoms with van der Waals surface area (Å²) < 4.78 is 21.0. The summed E-state index contributed by atoms with van der Waals surface area (Å²) in [5, 5.41) is 0.574. The molecule has 0 spiro atoms. The van der Waals surface area contributed by atoms with Crippen LogP contribution in [0.25, 0.3) is 5.65 Å². The molecule has 0 atom stereocenters. The Kier molecular flexibility index (Phi) is 4.13. The number of aromatic nitrogens is 2. The van der Waals surface area contributed by atoms with Crippen LogP contribution >= 0.6 is 27.5 Å². The first-order valence-electron chi connectivity index (χ1n) is 6.28. The highest BCUT2D eigenvalue weighted by Crippen LogP contribution is 2.17. The lowest BCUT2D eigenvalue weighted by molar-refractivity contribution is 0.0463. The van der Waals surface area contributed by atoms with Crippen molar-refractivity contribution in [3.63, 3.8) is 0 Å². The van der Waals surface area contributed by atoms with Crippen LogP contribution < -0.4 is 0 Å². The van der Waals surface area contributed by atoms with Gasteiger partial charge >= 0.3 is 5.97 Å². The number of hydrogen-bond acceptors (Lipinski definition) is 3. The van der Waals surface area contributed by atoms with Crippen molar-refractivity contribution >= 4 is 39.1 Å².